The number of benzene rings is 1. The molecular formula is C28H34BF2N3O10. The average Bonchev–Trinajstić information content (AvgIpc) is 3.67. The summed E-state index contributed by atoms with van der Waals surface area (Å²) in [5, 5.41) is 2.46. The summed E-state index contributed by atoms with van der Waals surface area (Å²) in [5.41, 5.74) is -2.06. The molecular weight excluding hydrogens is 587 g/mol. The van der Waals surface area contributed by atoms with Crippen molar-refractivity contribution in [1.82, 2.24) is 9.88 Å². The van der Waals surface area contributed by atoms with Crippen molar-refractivity contribution < 1.29 is 51.4 Å². The van der Waals surface area contributed by atoms with E-state index in [2.05, 4.69) is 5.32 Å². The minimum atomic E-state index is -2.04. The standard InChI is InChI=1S/C28H34BF2N3O10/c1-14(35)42-29(43-15(2)36)44-26(38)19-12-34(17-7-8-17)22-18(24(19)37)9-20(31)23(25(22)40-6)33-11-16(10-30)21(13-33)32-27(39)41-28(3,4)5/h9,12,16-17,21H,7-8,10-11,13H2,1-6H3,(H,32,39)/t16-,21+/m0/s1. The number of hydrogen-bond donors (Lipinski definition) is 1. The van der Waals surface area contributed by atoms with Gasteiger partial charge in [-0.3, -0.25) is 18.8 Å². The van der Waals surface area contributed by atoms with E-state index in [1.165, 1.54) is 18.2 Å². The van der Waals surface area contributed by atoms with Gasteiger partial charge in [0.05, 0.1) is 30.7 Å². The van der Waals surface area contributed by atoms with Gasteiger partial charge in [0.15, 0.2) is 11.6 Å². The molecule has 0 unspecified atom stereocenters. The highest BCUT2D eigenvalue weighted by Gasteiger charge is 2.40. The molecule has 0 spiro atoms. The first-order valence-corrected chi connectivity index (χ1v) is 13.9. The van der Waals surface area contributed by atoms with Crippen molar-refractivity contribution in [2.24, 2.45) is 5.92 Å². The van der Waals surface area contributed by atoms with Crippen molar-refractivity contribution in [1.29, 1.82) is 0 Å². The monoisotopic (exact) mass is 621 g/mol. The van der Waals surface area contributed by atoms with Crippen LogP contribution in [0.5, 0.6) is 5.75 Å². The number of fused-ring (bicyclic) bond motifs is 1. The predicted octanol–water partition coefficient (Wildman–Crippen LogP) is 3.05. The van der Waals surface area contributed by atoms with Crippen LogP contribution in [0.1, 0.15) is 63.9 Å². The Bertz CT molecular complexity index is 1520. The molecule has 1 N–H and O–H groups in total. The second-order valence-electron chi connectivity index (χ2n) is 11.6. The molecule has 1 aromatic carbocycles. The van der Waals surface area contributed by atoms with Crippen LogP contribution in [0.3, 0.4) is 0 Å². The van der Waals surface area contributed by atoms with Crippen LogP contribution in [0.15, 0.2) is 17.1 Å². The van der Waals surface area contributed by atoms with Crippen LogP contribution >= 0.6 is 0 Å². The van der Waals surface area contributed by atoms with Crippen molar-refractivity contribution in [3.63, 3.8) is 0 Å². The molecule has 4 rings (SSSR count). The number of ether oxygens (including phenoxy) is 2. The molecule has 2 fully saturated rings. The van der Waals surface area contributed by atoms with Crippen LogP contribution in [0.25, 0.3) is 10.9 Å². The highest BCUT2D eigenvalue weighted by molar-refractivity contribution is 6.44. The Morgan fingerprint density at radius 3 is 2.23 bits per heavy atom. The number of amides is 1. The number of nitrogens with one attached hydrogen (secondary N) is 1. The third-order valence-corrected chi connectivity index (χ3v) is 6.95. The fourth-order valence-electron chi connectivity index (χ4n) is 5.04. The third-order valence-electron chi connectivity index (χ3n) is 6.95. The number of aromatic nitrogens is 1. The number of methoxy groups -OCH3 is 1. The van der Waals surface area contributed by atoms with Gasteiger partial charge in [-0.1, -0.05) is 0 Å². The lowest BCUT2D eigenvalue weighted by molar-refractivity contribution is -0.139. The molecule has 0 radical (unpaired) electrons. The molecule has 0 bridgehead atoms. The largest absolute Gasteiger partial charge is 0.870 e. The van der Waals surface area contributed by atoms with Crippen LogP contribution in [0.2, 0.25) is 0 Å². The molecule has 1 saturated heterocycles. The van der Waals surface area contributed by atoms with Gasteiger partial charge in [-0.05, 0) is 39.7 Å². The van der Waals surface area contributed by atoms with Gasteiger partial charge in [-0.15, -0.1) is 0 Å². The Kier molecular flexibility index (Phi) is 9.40. The molecule has 1 aliphatic carbocycles. The lowest BCUT2D eigenvalue weighted by atomic mass is 10.1. The van der Waals surface area contributed by atoms with E-state index in [-0.39, 0.29) is 41.5 Å². The van der Waals surface area contributed by atoms with E-state index < -0.39 is 72.4 Å². The van der Waals surface area contributed by atoms with Gasteiger partial charge >= 0.3 is 19.4 Å². The van der Waals surface area contributed by atoms with Crippen molar-refractivity contribution in [3.8, 4) is 5.75 Å². The smallest absolute Gasteiger partial charge is 0.492 e. The summed E-state index contributed by atoms with van der Waals surface area (Å²) in [4.78, 5) is 63.3. The quantitative estimate of drug-likeness (QED) is 0.412. The molecule has 2 aromatic rings. The minimum absolute atomic E-state index is 0.0165. The Labute approximate surface area is 251 Å². The van der Waals surface area contributed by atoms with E-state index in [0.29, 0.717) is 12.8 Å². The molecule has 16 heteroatoms. The molecule has 2 aliphatic rings. The summed E-state index contributed by atoms with van der Waals surface area (Å²) in [5.74, 6) is -4.70. The number of pyridine rings is 1. The van der Waals surface area contributed by atoms with Gasteiger partial charge in [0.1, 0.15) is 16.9 Å². The van der Waals surface area contributed by atoms with E-state index >= 15 is 4.39 Å². The fourth-order valence-corrected chi connectivity index (χ4v) is 5.04. The second-order valence-corrected chi connectivity index (χ2v) is 11.6. The molecule has 2 atom stereocenters. The van der Waals surface area contributed by atoms with Gasteiger partial charge in [-0.2, -0.15) is 0 Å². The molecule has 13 nitrogen and oxygen atoms in total. The number of anilines is 1. The highest BCUT2D eigenvalue weighted by atomic mass is 19.1. The summed E-state index contributed by atoms with van der Waals surface area (Å²) in [6.45, 7) is 6.33. The third kappa shape index (κ3) is 7.22. The van der Waals surface area contributed by atoms with Crippen molar-refractivity contribution >= 4 is 47.9 Å². The molecule has 1 amide bonds. The zero-order valence-electron chi connectivity index (χ0n) is 25.2. The van der Waals surface area contributed by atoms with Gasteiger partial charge in [-0.25, -0.2) is 14.0 Å². The van der Waals surface area contributed by atoms with Gasteiger partial charge in [0.25, 0.3) is 11.9 Å². The molecule has 1 saturated carbocycles. The maximum atomic E-state index is 15.9. The molecule has 1 aliphatic heterocycles. The summed E-state index contributed by atoms with van der Waals surface area (Å²) in [7, 11) is -0.750. The van der Waals surface area contributed by atoms with Crippen LogP contribution in [0, 0.1) is 11.7 Å². The van der Waals surface area contributed by atoms with E-state index in [1.54, 1.807) is 25.3 Å². The lowest BCUT2D eigenvalue weighted by Gasteiger charge is -2.25. The highest BCUT2D eigenvalue weighted by Crippen LogP contribution is 2.44. The Hall–Kier alpha value is -4.37. The maximum Gasteiger partial charge on any atom is 0.870 e. The fraction of sp³-hybridized carbons (Fsp3) is 0.536. The number of alkyl halides is 1. The second kappa shape index (κ2) is 12.7. The minimum Gasteiger partial charge on any atom is -0.492 e. The van der Waals surface area contributed by atoms with Crippen molar-refractivity contribution in [2.45, 2.75) is 65.1 Å². The van der Waals surface area contributed by atoms with Crippen LogP contribution in [0.4, 0.5) is 19.3 Å². The number of hydrogen-bond acceptors (Lipinski definition) is 11. The summed E-state index contributed by atoms with van der Waals surface area (Å²) >= 11 is 0. The van der Waals surface area contributed by atoms with Gasteiger partial charge in [0.2, 0.25) is 5.43 Å². The first-order chi connectivity index (χ1) is 20.6. The van der Waals surface area contributed by atoms with Crippen LogP contribution in [-0.4, -0.2) is 74.4 Å². The SMILES string of the molecule is COc1c(N2C[C@H](CF)[C@H](NC(=O)OC(C)(C)C)C2)c(F)cc2c(=O)c(C(=O)OB(OC(C)=O)OC(C)=O)cn(C3CC3)c12. The number of rotatable bonds is 9. The van der Waals surface area contributed by atoms with E-state index in [0.717, 1.165) is 19.9 Å². The number of carbonyl (C=O) groups is 4. The zero-order valence-corrected chi connectivity index (χ0v) is 25.2. The van der Waals surface area contributed by atoms with Crippen LogP contribution in [-0.2, 0) is 28.3 Å². The first kappa shape index (κ1) is 32.5. The van der Waals surface area contributed by atoms with Crippen molar-refractivity contribution in [3.05, 3.63) is 33.9 Å². The zero-order chi connectivity index (χ0) is 32.5. The number of alkyl carbamates (subject to hydrolysis) is 1. The molecule has 2 heterocycles. The first-order valence-electron chi connectivity index (χ1n) is 13.9. The summed E-state index contributed by atoms with van der Waals surface area (Å²) in [6, 6.07) is 0.0769. The summed E-state index contributed by atoms with van der Waals surface area (Å²) < 4.78 is 56.9. The number of halogens is 2. The topological polar surface area (TPSA) is 152 Å². The average molecular weight is 621 g/mol. The van der Waals surface area contributed by atoms with Crippen molar-refractivity contribution in [2.75, 3.05) is 31.8 Å². The normalized spacial score (nSPS) is 18.0. The number of nitrogens with zero attached hydrogens (tertiary/aromatic N) is 2. The van der Waals surface area contributed by atoms with Crippen LogP contribution < -0.4 is 20.4 Å². The maximum absolute atomic E-state index is 15.9. The molecule has 238 valence electrons. The van der Waals surface area contributed by atoms with E-state index in [4.69, 9.17) is 23.4 Å². The van der Waals surface area contributed by atoms with Gasteiger partial charge in [0, 0.05) is 45.1 Å². The van der Waals surface area contributed by atoms with E-state index in [9.17, 15) is 28.4 Å². The lowest BCUT2D eigenvalue weighted by Crippen LogP contribution is -2.43. The Morgan fingerprint density at radius 1 is 1.07 bits per heavy atom. The Balaban J connectivity index is 1.75. The molecule has 1 aromatic heterocycles. The van der Waals surface area contributed by atoms with E-state index in [1.807, 2.05) is 0 Å². The summed E-state index contributed by atoms with van der Waals surface area (Å²) in [6.07, 6.45) is 1.86. The van der Waals surface area contributed by atoms with Gasteiger partial charge < -0.3 is 38.2 Å². The predicted molar refractivity (Wildman–Crippen MR) is 153 cm³/mol. The Morgan fingerprint density at radius 2 is 1.70 bits per heavy atom. The number of carbonyl (C=O) groups excluding carboxylic acids is 4. The molecule has 44 heavy (non-hydrogen) atoms.